The zero-order valence-electron chi connectivity index (χ0n) is 17.2. The summed E-state index contributed by atoms with van der Waals surface area (Å²) in [5, 5.41) is 13.1. The first kappa shape index (κ1) is 22.4. The van der Waals surface area contributed by atoms with E-state index in [2.05, 4.69) is 4.72 Å². The Morgan fingerprint density at radius 1 is 1.10 bits per heavy atom. The Kier molecular flexibility index (Phi) is 6.42. The van der Waals surface area contributed by atoms with Crippen LogP contribution in [0, 0.1) is 24.0 Å². The van der Waals surface area contributed by atoms with Crippen molar-refractivity contribution in [2.24, 2.45) is 0 Å². The fourth-order valence-electron chi connectivity index (χ4n) is 2.92. The van der Waals surface area contributed by atoms with Crippen molar-refractivity contribution in [3.05, 3.63) is 85.6 Å². The van der Waals surface area contributed by atoms with E-state index in [-0.39, 0.29) is 22.2 Å². The van der Waals surface area contributed by atoms with Crippen LogP contribution in [-0.4, -0.2) is 31.2 Å². The number of anilines is 1. The van der Waals surface area contributed by atoms with Crippen molar-refractivity contribution < 1.29 is 18.1 Å². The van der Waals surface area contributed by atoms with Gasteiger partial charge in [0.25, 0.3) is 21.6 Å². The number of hydrogen-bond acceptors (Lipinski definition) is 6. The van der Waals surface area contributed by atoms with Gasteiger partial charge in [0.1, 0.15) is 0 Å². The second-order valence-electron chi connectivity index (χ2n) is 7.08. The zero-order valence-corrected chi connectivity index (χ0v) is 18.8. The molecule has 31 heavy (non-hydrogen) atoms. The quantitative estimate of drug-likeness (QED) is 0.417. The number of nitrogens with zero attached hydrogens (tertiary/aromatic N) is 2. The minimum atomic E-state index is -4.02. The van der Waals surface area contributed by atoms with Crippen LogP contribution in [0.15, 0.2) is 58.8 Å². The summed E-state index contributed by atoms with van der Waals surface area (Å²) >= 11 is 1.59. The lowest BCUT2D eigenvalue weighted by Crippen LogP contribution is -2.26. The molecule has 3 aromatic rings. The molecule has 2 aromatic carbocycles. The van der Waals surface area contributed by atoms with E-state index in [0.717, 1.165) is 16.5 Å². The molecular weight excluding hydrogens is 438 g/mol. The van der Waals surface area contributed by atoms with E-state index in [1.807, 2.05) is 18.4 Å². The van der Waals surface area contributed by atoms with Crippen LogP contribution in [0.3, 0.4) is 0 Å². The van der Waals surface area contributed by atoms with Crippen molar-refractivity contribution >= 4 is 38.6 Å². The maximum Gasteiger partial charge on any atom is 0.273 e. The summed E-state index contributed by atoms with van der Waals surface area (Å²) in [6.07, 6.45) is 0. The molecule has 0 aliphatic carbocycles. The molecule has 1 N–H and O–H groups in total. The number of rotatable bonds is 7. The summed E-state index contributed by atoms with van der Waals surface area (Å²) in [5.41, 5.74) is 1.90. The molecular formula is C21H21N3O5S2. The smallest absolute Gasteiger partial charge is 0.273 e. The average Bonchev–Trinajstić information content (AvgIpc) is 3.12. The fourth-order valence-corrected chi connectivity index (χ4v) is 4.96. The van der Waals surface area contributed by atoms with Crippen LogP contribution < -0.4 is 4.72 Å². The Hall–Kier alpha value is -3.24. The van der Waals surface area contributed by atoms with E-state index in [1.165, 1.54) is 43.3 Å². The van der Waals surface area contributed by atoms with Gasteiger partial charge < -0.3 is 4.90 Å². The molecule has 1 heterocycles. The third-order valence-corrected chi connectivity index (χ3v) is 7.15. The van der Waals surface area contributed by atoms with Gasteiger partial charge in [-0.3, -0.25) is 19.6 Å². The average molecular weight is 460 g/mol. The van der Waals surface area contributed by atoms with Gasteiger partial charge in [-0.25, -0.2) is 8.42 Å². The monoisotopic (exact) mass is 459 g/mol. The molecule has 0 saturated carbocycles. The van der Waals surface area contributed by atoms with E-state index in [1.54, 1.807) is 23.3 Å². The molecule has 0 spiro atoms. The zero-order chi connectivity index (χ0) is 22.8. The first-order valence-electron chi connectivity index (χ1n) is 9.25. The number of carbonyl (C=O) groups is 1. The van der Waals surface area contributed by atoms with Crippen molar-refractivity contribution in [3.63, 3.8) is 0 Å². The van der Waals surface area contributed by atoms with Crippen LogP contribution in [0.5, 0.6) is 0 Å². The summed E-state index contributed by atoms with van der Waals surface area (Å²) in [6, 6.07) is 11.8. The summed E-state index contributed by atoms with van der Waals surface area (Å²) < 4.78 is 27.6. The molecule has 0 radical (unpaired) electrons. The van der Waals surface area contributed by atoms with Crippen molar-refractivity contribution in [2.75, 3.05) is 11.8 Å². The van der Waals surface area contributed by atoms with Gasteiger partial charge in [0, 0.05) is 34.8 Å². The molecule has 0 unspecified atom stereocenters. The lowest BCUT2D eigenvalue weighted by atomic mass is 10.2. The third-order valence-electron chi connectivity index (χ3n) is 4.77. The number of nitro benzene ring substituents is 1. The highest BCUT2D eigenvalue weighted by Crippen LogP contribution is 2.24. The van der Waals surface area contributed by atoms with Crippen LogP contribution in [-0.2, 0) is 16.6 Å². The first-order valence-corrected chi connectivity index (χ1v) is 11.6. The Labute approximate surface area is 184 Å². The van der Waals surface area contributed by atoms with E-state index in [9.17, 15) is 23.3 Å². The number of sulfonamides is 1. The molecule has 0 saturated heterocycles. The molecule has 0 bridgehead atoms. The van der Waals surface area contributed by atoms with Gasteiger partial charge in [-0.15, -0.1) is 11.3 Å². The maximum absolute atomic E-state index is 12.7. The number of aryl methyl sites for hydroxylation is 2. The van der Waals surface area contributed by atoms with E-state index in [0.29, 0.717) is 17.7 Å². The topological polar surface area (TPSA) is 110 Å². The molecule has 1 aromatic heterocycles. The predicted octanol–water partition coefficient (Wildman–Crippen LogP) is 4.35. The van der Waals surface area contributed by atoms with Gasteiger partial charge in [0.05, 0.1) is 16.4 Å². The van der Waals surface area contributed by atoms with Crippen molar-refractivity contribution in [1.29, 1.82) is 0 Å². The summed E-state index contributed by atoms with van der Waals surface area (Å²) in [7, 11) is -2.31. The van der Waals surface area contributed by atoms with E-state index in [4.69, 9.17) is 0 Å². The van der Waals surface area contributed by atoms with Gasteiger partial charge in [-0.05, 0) is 61.2 Å². The van der Waals surface area contributed by atoms with Crippen LogP contribution >= 0.6 is 11.3 Å². The predicted molar refractivity (Wildman–Crippen MR) is 120 cm³/mol. The molecule has 10 heteroatoms. The van der Waals surface area contributed by atoms with Crippen molar-refractivity contribution in [2.45, 2.75) is 25.3 Å². The summed E-state index contributed by atoms with van der Waals surface area (Å²) in [6.45, 7) is 4.02. The first-order chi connectivity index (χ1) is 14.6. The number of nitro groups is 1. The highest BCUT2D eigenvalue weighted by atomic mass is 32.2. The Balaban J connectivity index is 1.74. The number of carbonyl (C=O) groups excluding carboxylic acids is 1. The SMILES string of the molecule is Cc1ccc(S(=O)(=O)Nc2ccc(C(=O)N(C)Cc3sccc3C)cc2)cc1[N+](=O)[O-]. The van der Waals surface area contributed by atoms with E-state index < -0.39 is 14.9 Å². The molecule has 3 rings (SSSR count). The molecule has 162 valence electrons. The standard InChI is InChI=1S/C21H21N3O5S2/c1-14-4-9-18(12-19(14)24(26)27)31(28,29)22-17-7-5-16(6-8-17)21(25)23(3)13-20-15(2)10-11-30-20/h4-12,22H,13H2,1-3H3. The second kappa shape index (κ2) is 8.86. The highest BCUT2D eigenvalue weighted by molar-refractivity contribution is 7.92. The Bertz CT molecular complexity index is 1230. The normalized spacial score (nSPS) is 11.2. The maximum atomic E-state index is 12.7. The summed E-state index contributed by atoms with van der Waals surface area (Å²) in [4.78, 5) is 25.6. The van der Waals surface area contributed by atoms with E-state index >= 15 is 0 Å². The lowest BCUT2D eigenvalue weighted by Gasteiger charge is -2.17. The van der Waals surface area contributed by atoms with Crippen LogP contribution in [0.4, 0.5) is 11.4 Å². The van der Waals surface area contributed by atoms with Gasteiger partial charge in [0.15, 0.2) is 0 Å². The Morgan fingerprint density at radius 2 is 1.77 bits per heavy atom. The van der Waals surface area contributed by atoms with Gasteiger partial charge in [-0.2, -0.15) is 0 Å². The lowest BCUT2D eigenvalue weighted by molar-refractivity contribution is -0.385. The molecule has 0 aliphatic rings. The molecule has 8 nitrogen and oxygen atoms in total. The number of benzene rings is 2. The van der Waals surface area contributed by atoms with Gasteiger partial charge in [-0.1, -0.05) is 6.07 Å². The Morgan fingerprint density at radius 3 is 2.35 bits per heavy atom. The molecule has 0 aliphatic heterocycles. The number of nitrogens with one attached hydrogen (secondary N) is 1. The molecule has 0 fully saturated rings. The van der Waals surface area contributed by atoms with Crippen LogP contribution in [0.1, 0.15) is 26.4 Å². The third kappa shape index (κ3) is 5.09. The van der Waals surface area contributed by atoms with Gasteiger partial charge >= 0.3 is 0 Å². The number of amides is 1. The highest BCUT2D eigenvalue weighted by Gasteiger charge is 2.20. The van der Waals surface area contributed by atoms with Crippen LogP contribution in [0.25, 0.3) is 0 Å². The minimum absolute atomic E-state index is 0.184. The van der Waals surface area contributed by atoms with Crippen molar-refractivity contribution in [3.8, 4) is 0 Å². The largest absolute Gasteiger partial charge is 0.337 e. The number of thiophene rings is 1. The minimum Gasteiger partial charge on any atom is -0.337 e. The summed E-state index contributed by atoms with van der Waals surface area (Å²) in [5.74, 6) is -0.184. The second-order valence-corrected chi connectivity index (χ2v) is 9.76. The van der Waals surface area contributed by atoms with Crippen molar-refractivity contribution in [1.82, 2.24) is 4.90 Å². The molecule has 0 atom stereocenters. The fraction of sp³-hybridized carbons (Fsp3) is 0.190. The number of hydrogen-bond donors (Lipinski definition) is 1. The van der Waals surface area contributed by atoms with Crippen LogP contribution in [0.2, 0.25) is 0 Å². The van der Waals surface area contributed by atoms with Gasteiger partial charge in [0.2, 0.25) is 0 Å². The molecule has 1 amide bonds.